The molecule has 0 aliphatic carbocycles. The first kappa shape index (κ1) is 42.5. The van der Waals surface area contributed by atoms with Gasteiger partial charge in [0, 0.05) is 55.0 Å². The predicted octanol–water partition coefficient (Wildman–Crippen LogP) is 6.16. The SMILES string of the molecule is O=C(c1ccc(-c2cccc(C(O)(C(=O)OCC3CCN(Cc4ccccc4)CC3)c3ccccc3)c2)nc1)N1CCC(CNCC(O)c2ccc(O)c3[nH]c(=O)ccc23)CC1. The van der Waals surface area contributed by atoms with Crippen LogP contribution >= 0.6 is 0 Å². The number of aromatic amines is 1. The van der Waals surface area contributed by atoms with Crippen LogP contribution in [0.4, 0.5) is 0 Å². The highest BCUT2D eigenvalue weighted by atomic mass is 16.5. The smallest absolute Gasteiger partial charge is 0.347 e. The van der Waals surface area contributed by atoms with Gasteiger partial charge in [-0.05, 0) is 104 Å². The summed E-state index contributed by atoms with van der Waals surface area (Å²) < 4.78 is 5.93. The Hall–Kier alpha value is -6.18. The molecule has 2 aliphatic rings. The number of carbonyl (C=O) groups is 2. The molecule has 0 saturated carbocycles. The van der Waals surface area contributed by atoms with Gasteiger partial charge in [0.25, 0.3) is 5.91 Å². The molecule has 2 atom stereocenters. The fourth-order valence-corrected chi connectivity index (χ4v) is 8.73. The van der Waals surface area contributed by atoms with E-state index >= 15 is 0 Å². The number of pyridine rings is 2. The van der Waals surface area contributed by atoms with E-state index in [0.717, 1.165) is 45.3 Å². The topological polar surface area (TPSA) is 168 Å². The van der Waals surface area contributed by atoms with Gasteiger partial charge in [0.15, 0.2) is 0 Å². The largest absolute Gasteiger partial charge is 0.506 e. The number of carbonyl (C=O) groups excluding carboxylic acids is 2. The van der Waals surface area contributed by atoms with Gasteiger partial charge in [0.2, 0.25) is 11.2 Å². The number of H-pyrrole nitrogens is 1. The molecule has 2 aromatic heterocycles. The first-order chi connectivity index (χ1) is 30.2. The van der Waals surface area contributed by atoms with E-state index in [2.05, 4.69) is 44.5 Å². The molecule has 5 N–H and O–H groups in total. The van der Waals surface area contributed by atoms with Gasteiger partial charge in [0.05, 0.1) is 29.5 Å². The second kappa shape index (κ2) is 19.3. The van der Waals surface area contributed by atoms with E-state index < -0.39 is 17.7 Å². The molecule has 4 heterocycles. The molecule has 2 aliphatic heterocycles. The summed E-state index contributed by atoms with van der Waals surface area (Å²) in [6.45, 7) is 5.11. The molecule has 0 bridgehead atoms. The van der Waals surface area contributed by atoms with Crippen LogP contribution < -0.4 is 10.9 Å². The maximum Gasteiger partial charge on any atom is 0.347 e. The molecule has 320 valence electrons. The minimum absolute atomic E-state index is 0.0508. The van der Waals surface area contributed by atoms with Crippen LogP contribution in [0.3, 0.4) is 0 Å². The van der Waals surface area contributed by atoms with Gasteiger partial charge >= 0.3 is 5.97 Å². The van der Waals surface area contributed by atoms with Crippen molar-refractivity contribution in [3.05, 3.63) is 166 Å². The number of phenols is 1. The standard InChI is InChI=1S/C50H53N5O7/c56-44-18-15-41(42-16-19-46(58)53-47(42)44)45(57)31-51-29-34-22-26-55(27-23-34)48(59)38-14-17-43(52-30-38)37-10-7-13-40(28-37)50(61,39-11-5-2-6-12-39)49(60)62-33-36-20-24-54(25-21-36)32-35-8-3-1-4-9-35/h1-19,28,30,34,36,45,51,56-57,61H,20-27,29,31-33H2,(H,53,58). The molecule has 12 heteroatoms. The van der Waals surface area contributed by atoms with E-state index in [-0.39, 0.29) is 29.7 Å². The molecule has 0 spiro atoms. The number of aliphatic hydroxyl groups is 2. The van der Waals surface area contributed by atoms with Crippen LogP contribution in [0, 0.1) is 11.8 Å². The maximum atomic E-state index is 14.0. The lowest BCUT2D eigenvalue weighted by Crippen LogP contribution is -2.41. The number of fused-ring (bicyclic) bond motifs is 1. The number of nitrogens with one attached hydrogen (secondary N) is 2. The van der Waals surface area contributed by atoms with Crippen LogP contribution in [0.25, 0.3) is 22.2 Å². The van der Waals surface area contributed by atoms with Gasteiger partial charge in [-0.1, -0.05) is 84.9 Å². The quantitative estimate of drug-likeness (QED) is 0.0802. The first-order valence-electron chi connectivity index (χ1n) is 21.5. The fraction of sp³-hybridized carbons (Fsp3) is 0.320. The summed E-state index contributed by atoms with van der Waals surface area (Å²) in [6.07, 6.45) is 4.14. The van der Waals surface area contributed by atoms with Crippen molar-refractivity contribution in [2.75, 3.05) is 45.9 Å². The number of nitrogens with zero attached hydrogens (tertiary/aromatic N) is 3. The Labute approximate surface area is 360 Å². The Morgan fingerprint density at radius 2 is 1.53 bits per heavy atom. The van der Waals surface area contributed by atoms with Crippen LogP contribution in [0.15, 0.2) is 132 Å². The summed E-state index contributed by atoms with van der Waals surface area (Å²) in [4.78, 5) is 50.8. The number of aromatic nitrogens is 2. The van der Waals surface area contributed by atoms with E-state index in [1.54, 1.807) is 72.9 Å². The Kier molecular flexibility index (Phi) is 13.2. The molecular weight excluding hydrogens is 783 g/mol. The average molecular weight is 836 g/mol. The lowest BCUT2D eigenvalue weighted by Gasteiger charge is -2.33. The molecule has 8 rings (SSSR count). The van der Waals surface area contributed by atoms with E-state index in [9.17, 15) is 29.7 Å². The number of aliphatic hydroxyl groups excluding tert-OH is 1. The molecule has 62 heavy (non-hydrogen) atoms. The molecular formula is C50H53N5O7. The number of benzene rings is 4. The zero-order valence-corrected chi connectivity index (χ0v) is 34.7. The molecule has 0 radical (unpaired) electrons. The van der Waals surface area contributed by atoms with Gasteiger partial charge in [-0.15, -0.1) is 0 Å². The first-order valence-corrected chi connectivity index (χ1v) is 21.5. The predicted molar refractivity (Wildman–Crippen MR) is 237 cm³/mol. The Morgan fingerprint density at radius 3 is 2.26 bits per heavy atom. The molecule has 2 fully saturated rings. The van der Waals surface area contributed by atoms with Crippen molar-refractivity contribution in [2.24, 2.45) is 11.8 Å². The Morgan fingerprint density at radius 1 is 0.823 bits per heavy atom. The normalized spacial score (nSPS) is 16.8. The number of phenolic OH excluding ortho intramolecular Hbond substituents is 1. The van der Waals surface area contributed by atoms with Crippen LogP contribution in [-0.2, 0) is 21.7 Å². The number of aromatic hydroxyl groups is 1. The molecule has 12 nitrogen and oxygen atoms in total. The van der Waals surface area contributed by atoms with Crippen molar-refractivity contribution in [1.82, 2.24) is 25.1 Å². The van der Waals surface area contributed by atoms with Crippen LogP contribution in [0.2, 0.25) is 0 Å². The van der Waals surface area contributed by atoms with E-state index in [1.807, 2.05) is 23.1 Å². The van der Waals surface area contributed by atoms with Crippen LogP contribution in [-0.4, -0.2) is 92.8 Å². The van der Waals surface area contributed by atoms with Crippen molar-refractivity contribution in [3.8, 4) is 17.0 Å². The third-order valence-corrected chi connectivity index (χ3v) is 12.4. The number of esters is 1. The zero-order valence-electron chi connectivity index (χ0n) is 34.7. The number of hydrogen-bond donors (Lipinski definition) is 5. The summed E-state index contributed by atoms with van der Waals surface area (Å²) in [5.41, 5.74) is 2.34. The summed E-state index contributed by atoms with van der Waals surface area (Å²) in [7, 11) is 0. The van der Waals surface area contributed by atoms with Crippen molar-refractivity contribution >= 4 is 22.8 Å². The van der Waals surface area contributed by atoms with E-state index in [0.29, 0.717) is 76.5 Å². The third kappa shape index (κ3) is 9.64. The summed E-state index contributed by atoms with van der Waals surface area (Å²) in [5.74, 6) is -0.347. The highest BCUT2D eigenvalue weighted by Gasteiger charge is 2.42. The number of ether oxygens (including phenoxy) is 1. The molecule has 2 unspecified atom stereocenters. The van der Waals surface area contributed by atoms with Gasteiger partial charge in [-0.25, -0.2) is 4.79 Å². The van der Waals surface area contributed by atoms with Crippen molar-refractivity contribution in [3.63, 3.8) is 0 Å². The van der Waals surface area contributed by atoms with Gasteiger partial charge < -0.3 is 35.3 Å². The summed E-state index contributed by atoms with van der Waals surface area (Å²) >= 11 is 0. The van der Waals surface area contributed by atoms with Gasteiger partial charge in [-0.2, -0.15) is 0 Å². The number of likely N-dealkylation sites (tertiary alicyclic amines) is 2. The molecule has 6 aromatic rings. The monoisotopic (exact) mass is 835 g/mol. The Bertz CT molecular complexity index is 2520. The number of piperidine rings is 2. The fourth-order valence-electron chi connectivity index (χ4n) is 8.73. The van der Waals surface area contributed by atoms with Crippen molar-refractivity contribution in [2.45, 2.75) is 43.9 Å². The van der Waals surface area contributed by atoms with E-state index in [1.165, 1.54) is 17.7 Å². The van der Waals surface area contributed by atoms with Crippen LogP contribution in [0.5, 0.6) is 5.75 Å². The zero-order chi connectivity index (χ0) is 43.1. The number of rotatable bonds is 14. The lowest BCUT2D eigenvalue weighted by molar-refractivity contribution is -0.164. The van der Waals surface area contributed by atoms with Crippen molar-refractivity contribution in [1.29, 1.82) is 0 Å². The lowest BCUT2D eigenvalue weighted by atomic mass is 9.85. The summed E-state index contributed by atoms with van der Waals surface area (Å²) in [5, 5.41) is 37.3. The highest BCUT2D eigenvalue weighted by Crippen LogP contribution is 2.35. The molecule has 2 saturated heterocycles. The minimum Gasteiger partial charge on any atom is -0.506 e. The van der Waals surface area contributed by atoms with Gasteiger partial charge in [0.1, 0.15) is 5.75 Å². The second-order valence-electron chi connectivity index (χ2n) is 16.6. The minimum atomic E-state index is -2.05. The van der Waals surface area contributed by atoms with Crippen LogP contribution in [0.1, 0.15) is 64.4 Å². The van der Waals surface area contributed by atoms with Gasteiger partial charge in [-0.3, -0.25) is 19.5 Å². The van der Waals surface area contributed by atoms with Crippen molar-refractivity contribution < 1.29 is 29.6 Å². The van der Waals surface area contributed by atoms with E-state index in [4.69, 9.17) is 4.74 Å². The molecule has 4 aromatic carbocycles. The number of hydrogen-bond acceptors (Lipinski definition) is 10. The third-order valence-electron chi connectivity index (χ3n) is 12.4. The Balaban J connectivity index is 0.851. The second-order valence-corrected chi connectivity index (χ2v) is 16.6. The summed E-state index contributed by atoms with van der Waals surface area (Å²) in [6, 6.07) is 36.1. The molecule has 1 amide bonds. The number of amides is 1. The average Bonchev–Trinajstić information content (AvgIpc) is 3.32. The maximum absolute atomic E-state index is 14.0. The highest BCUT2D eigenvalue weighted by molar-refractivity contribution is 5.94.